The molecule has 6 nitrogen and oxygen atoms in total. The number of hydrogen-bond acceptors (Lipinski definition) is 3. The lowest BCUT2D eigenvalue weighted by Gasteiger charge is -2.36. The number of carboxylic acids is 3. The van der Waals surface area contributed by atoms with Gasteiger partial charge in [-0.15, -0.1) is 0 Å². The summed E-state index contributed by atoms with van der Waals surface area (Å²) in [6.07, 6.45) is 10.5. The van der Waals surface area contributed by atoms with Crippen LogP contribution in [0, 0.1) is 47.8 Å². The van der Waals surface area contributed by atoms with Crippen molar-refractivity contribution in [1.29, 1.82) is 0 Å². The lowest BCUT2D eigenvalue weighted by Crippen LogP contribution is -2.34. The molecule has 0 rings (SSSR count). The molecule has 3 N–H and O–H groups in total. The van der Waals surface area contributed by atoms with Crippen LogP contribution in [0.1, 0.15) is 138 Å². The maximum Gasteiger partial charge on any atom is 0.306 e. The Kier molecular flexibility index (Phi) is 18.7. The van der Waals surface area contributed by atoms with Crippen molar-refractivity contribution in [3.8, 4) is 0 Å². The summed E-state index contributed by atoms with van der Waals surface area (Å²) in [6, 6.07) is 0. The molecule has 0 heterocycles. The van der Waals surface area contributed by atoms with Gasteiger partial charge in [0.05, 0.1) is 17.8 Å². The zero-order chi connectivity index (χ0) is 29.3. The first-order valence-electron chi connectivity index (χ1n) is 15.2. The van der Waals surface area contributed by atoms with E-state index in [1.54, 1.807) is 0 Å². The Balaban J connectivity index is 5.72. The van der Waals surface area contributed by atoms with Crippen LogP contribution >= 0.6 is 0 Å². The van der Waals surface area contributed by atoms with Crippen LogP contribution < -0.4 is 0 Å². The Morgan fingerprint density at radius 2 is 0.711 bits per heavy atom. The molecule has 0 aliphatic rings. The predicted molar refractivity (Wildman–Crippen MR) is 155 cm³/mol. The Labute approximate surface area is 233 Å². The fourth-order valence-electron chi connectivity index (χ4n) is 5.59. The second-order valence-corrected chi connectivity index (χ2v) is 13.3. The summed E-state index contributed by atoms with van der Waals surface area (Å²) in [6.45, 7) is 17.3. The van der Waals surface area contributed by atoms with E-state index in [9.17, 15) is 29.7 Å². The van der Waals surface area contributed by atoms with Gasteiger partial charge in [0.1, 0.15) is 0 Å². The molecule has 1 radical (unpaired) electrons. The first-order chi connectivity index (χ1) is 17.7. The average molecular weight is 540 g/mol. The van der Waals surface area contributed by atoms with Gasteiger partial charge in [0.15, 0.2) is 0 Å². The lowest BCUT2D eigenvalue weighted by molar-refractivity contribution is -0.145. The molecule has 0 aliphatic carbocycles. The number of aliphatic carboxylic acids is 3. The molecule has 0 spiro atoms. The summed E-state index contributed by atoms with van der Waals surface area (Å²) >= 11 is 0. The molecule has 0 saturated carbocycles. The highest BCUT2D eigenvalue weighted by molar-refractivity contribution is 5.72. The highest BCUT2D eigenvalue weighted by Crippen LogP contribution is 2.42. The number of carboxylic acid groups (broad SMARTS) is 3. The number of carbonyl (C=O) groups is 3. The molecule has 3 unspecified atom stereocenters. The SMILES string of the molecule is [CH2]C(CC(CCCCC(C)C)C(=O)O)(CC(CCCCC(C)C)C(=O)O)CC(CCCCC(C)C)C(=O)O. The van der Waals surface area contributed by atoms with Crippen LogP contribution in [0.3, 0.4) is 0 Å². The van der Waals surface area contributed by atoms with E-state index in [0.717, 1.165) is 57.8 Å². The predicted octanol–water partition coefficient (Wildman–Crippen LogP) is 8.73. The minimum atomic E-state index is -0.913. The van der Waals surface area contributed by atoms with Gasteiger partial charge in [0.25, 0.3) is 0 Å². The molecular formula is C32H59O6. The van der Waals surface area contributed by atoms with Crippen LogP contribution in [0.15, 0.2) is 0 Å². The summed E-state index contributed by atoms with van der Waals surface area (Å²) in [5.41, 5.74) is -0.913. The van der Waals surface area contributed by atoms with Crippen molar-refractivity contribution in [3.63, 3.8) is 0 Å². The number of rotatable bonds is 24. The van der Waals surface area contributed by atoms with Gasteiger partial charge in [-0.2, -0.15) is 0 Å². The van der Waals surface area contributed by atoms with Crippen LogP contribution in [0.2, 0.25) is 0 Å². The zero-order valence-corrected chi connectivity index (χ0v) is 25.3. The van der Waals surface area contributed by atoms with E-state index < -0.39 is 41.1 Å². The molecule has 3 atom stereocenters. The topological polar surface area (TPSA) is 112 Å². The van der Waals surface area contributed by atoms with Gasteiger partial charge in [-0.05, 0) is 68.6 Å². The van der Waals surface area contributed by atoms with E-state index >= 15 is 0 Å². The molecule has 38 heavy (non-hydrogen) atoms. The minimum Gasteiger partial charge on any atom is -0.481 e. The summed E-state index contributed by atoms with van der Waals surface area (Å²) in [5, 5.41) is 30.1. The highest BCUT2D eigenvalue weighted by Gasteiger charge is 2.39. The van der Waals surface area contributed by atoms with Gasteiger partial charge in [-0.3, -0.25) is 14.4 Å². The molecule has 0 bridgehead atoms. The van der Waals surface area contributed by atoms with Crippen molar-refractivity contribution in [3.05, 3.63) is 6.92 Å². The molecule has 223 valence electrons. The van der Waals surface area contributed by atoms with Crippen molar-refractivity contribution in [2.75, 3.05) is 0 Å². The van der Waals surface area contributed by atoms with E-state index in [1.807, 2.05) is 0 Å². The van der Waals surface area contributed by atoms with E-state index in [4.69, 9.17) is 0 Å². The van der Waals surface area contributed by atoms with Crippen molar-refractivity contribution in [1.82, 2.24) is 0 Å². The monoisotopic (exact) mass is 539 g/mol. The second kappa shape index (κ2) is 19.5. The molecule has 0 amide bonds. The van der Waals surface area contributed by atoms with Crippen molar-refractivity contribution >= 4 is 17.9 Å². The largest absolute Gasteiger partial charge is 0.481 e. The van der Waals surface area contributed by atoms with Gasteiger partial charge in [-0.25, -0.2) is 0 Å². The highest BCUT2D eigenvalue weighted by atomic mass is 16.4. The zero-order valence-electron chi connectivity index (χ0n) is 25.3. The smallest absolute Gasteiger partial charge is 0.306 e. The van der Waals surface area contributed by atoms with Gasteiger partial charge in [-0.1, -0.05) is 99.3 Å². The van der Waals surface area contributed by atoms with Crippen molar-refractivity contribution < 1.29 is 29.7 Å². The van der Waals surface area contributed by atoms with Crippen LogP contribution in [-0.2, 0) is 14.4 Å². The van der Waals surface area contributed by atoms with E-state index in [0.29, 0.717) is 37.0 Å². The fraction of sp³-hybridized carbons (Fsp3) is 0.875. The maximum atomic E-state index is 12.2. The third-order valence-corrected chi connectivity index (χ3v) is 7.84. The first kappa shape index (κ1) is 36.4. The average Bonchev–Trinajstić information content (AvgIpc) is 2.79. The van der Waals surface area contributed by atoms with E-state index in [1.165, 1.54) is 0 Å². The maximum absolute atomic E-state index is 12.2. The molecule has 0 aromatic rings. The van der Waals surface area contributed by atoms with Crippen molar-refractivity contribution in [2.45, 2.75) is 138 Å². The quantitative estimate of drug-likeness (QED) is 0.106. The van der Waals surface area contributed by atoms with Crippen LogP contribution in [0.25, 0.3) is 0 Å². The lowest BCUT2D eigenvalue weighted by atomic mass is 9.67. The molecule has 6 heteroatoms. The Hall–Kier alpha value is -1.59. The Morgan fingerprint density at radius 1 is 0.500 bits per heavy atom. The Bertz CT molecular complexity index is 581. The summed E-state index contributed by atoms with van der Waals surface area (Å²) in [7, 11) is 0. The van der Waals surface area contributed by atoms with Crippen molar-refractivity contribution in [2.24, 2.45) is 40.9 Å². The van der Waals surface area contributed by atoms with Gasteiger partial charge in [0.2, 0.25) is 0 Å². The van der Waals surface area contributed by atoms with Crippen LogP contribution in [-0.4, -0.2) is 33.2 Å². The summed E-state index contributed by atoms with van der Waals surface area (Å²) < 4.78 is 0. The van der Waals surface area contributed by atoms with E-state index in [2.05, 4.69) is 48.5 Å². The Morgan fingerprint density at radius 3 is 0.895 bits per heavy atom. The molecule has 0 aromatic carbocycles. The van der Waals surface area contributed by atoms with Gasteiger partial charge >= 0.3 is 17.9 Å². The number of hydrogen-bond donors (Lipinski definition) is 3. The third-order valence-electron chi connectivity index (χ3n) is 7.84. The third kappa shape index (κ3) is 17.8. The molecule has 0 aromatic heterocycles. The van der Waals surface area contributed by atoms with E-state index in [-0.39, 0.29) is 19.3 Å². The van der Waals surface area contributed by atoms with Crippen LogP contribution in [0.4, 0.5) is 0 Å². The second-order valence-electron chi connectivity index (χ2n) is 13.3. The van der Waals surface area contributed by atoms with Gasteiger partial charge < -0.3 is 15.3 Å². The summed E-state index contributed by atoms with van der Waals surface area (Å²) in [4.78, 5) is 36.7. The minimum absolute atomic E-state index is 0.218. The fourth-order valence-corrected chi connectivity index (χ4v) is 5.59. The molecule has 0 aliphatic heterocycles. The first-order valence-corrected chi connectivity index (χ1v) is 15.2. The van der Waals surface area contributed by atoms with Crippen LogP contribution in [0.5, 0.6) is 0 Å². The molecule has 0 saturated heterocycles. The number of unbranched alkanes of at least 4 members (excludes halogenated alkanes) is 3. The molecule has 0 fully saturated rings. The standard InChI is InChI=1S/C32H59O6/c1-23(2)14-8-11-17-26(29(33)34)20-32(7,21-27(30(35)36)18-12-9-15-24(3)4)22-28(31(37)38)19-13-10-16-25(5)6/h23-28H,7-22H2,1-6H3,(H,33,34)(H,35,36)(H,37,38). The van der Waals surface area contributed by atoms with Gasteiger partial charge in [0, 0.05) is 0 Å². The summed E-state index contributed by atoms with van der Waals surface area (Å²) in [5.74, 6) is -2.94. The normalized spacial score (nSPS) is 15.9. The molecular weight excluding hydrogens is 480 g/mol.